The molecule has 0 saturated heterocycles. The van der Waals surface area contributed by atoms with Gasteiger partial charge in [-0.3, -0.25) is 0 Å². The van der Waals surface area contributed by atoms with Gasteiger partial charge < -0.3 is 18.6 Å². The maximum Gasteiger partial charge on any atom is 0.137 e. The number of benzene rings is 12. The van der Waals surface area contributed by atoms with E-state index in [4.69, 9.17) is 8.83 Å². The molecule has 0 N–H and O–H groups in total. The van der Waals surface area contributed by atoms with Crippen LogP contribution in [0.1, 0.15) is 0 Å². The second-order valence-corrected chi connectivity index (χ2v) is 18.9. The maximum atomic E-state index is 6.79. The van der Waals surface area contributed by atoms with Crippen molar-refractivity contribution in [2.24, 2.45) is 0 Å². The van der Waals surface area contributed by atoms with Crippen molar-refractivity contribution in [3.63, 3.8) is 0 Å². The fraction of sp³-hybridized carbons (Fsp3) is 0. The summed E-state index contributed by atoms with van der Waals surface area (Å²) in [7, 11) is 0. The highest BCUT2D eigenvalue weighted by atomic mass is 16.3. The van der Waals surface area contributed by atoms with Gasteiger partial charge in [-0.05, 0) is 152 Å². The van der Waals surface area contributed by atoms with Gasteiger partial charge in [-0.1, -0.05) is 170 Å². The molecule has 0 atom stereocenters. The standard InChI is InChI=1S/C70H46N2O2/c1-5-13-47(14-6-1)51-21-29-55(30-22-51)71(56-31-23-52(24-32-56)48-15-7-2-8-16-48)59-37-39-63-67(45-59)73-65-43-41-62-61(69(63)65)42-44-66-70(62)64-40-38-60(46-68(64)74-66)72(57-33-25-53(26-34-57)49-17-9-3-10-18-49)58-35-27-54(28-36-58)50-19-11-4-12-20-50/h1-46H. The Hall–Kier alpha value is -9.90. The second kappa shape index (κ2) is 18.1. The second-order valence-electron chi connectivity index (χ2n) is 18.9. The number of furan rings is 2. The van der Waals surface area contributed by atoms with Crippen LogP contribution in [0, 0.1) is 0 Å². The lowest BCUT2D eigenvalue weighted by molar-refractivity contribution is 0.668. The van der Waals surface area contributed by atoms with Gasteiger partial charge in [-0.2, -0.15) is 0 Å². The maximum absolute atomic E-state index is 6.79. The summed E-state index contributed by atoms with van der Waals surface area (Å²) in [6.45, 7) is 0. The molecule has 0 unspecified atom stereocenters. The third-order valence-corrected chi connectivity index (χ3v) is 14.5. The van der Waals surface area contributed by atoms with Crippen LogP contribution in [0.15, 0.2) is 288 Å². The fourth-order valence-electron chi connectivity index (χ4n) is 10.8. The molecule has 74 heavy (non-hydrogen) atoms. The van der Waals surface area contributed by atoms with Crippen molar-refractivity contribution in [3.8, 4) is 44.5 Å². The van der Waals surface area contributed by atoms with E-state index >= 15 is 0 Å². The first-order valence-electron chi connectivity index (χ1n) is 25.1. The molecule has 0 aliphatic rings. The van der Waals surface area contributed by atoms with E-state index in [0.717, 1.165) is 88.8 Å². The van der Waals surface area contributed by atoms with E-state index in [1.807, 2.05) is 0 Å². The number of hydrogen-bond acceptors (Lipinski definition) is 4. The zero-order chi connectivity index (χ0) is 49.0. The summed E-state index contributed by atoms with van der Waals surface area (Å²) >= 11 is 0. The molecule has 0 saturated carbocycles. The molecule has 0 fully saturated rings. The number of hydrogen-bond donors (Lipinski definition) is 0. The minimum Gasteiger partial charge on any atom is -0.456 e. The summed E-state index contributed by atoms with van der Waals surface area (Å²) in [6.07, 6.45) is 0. The molecule has 4 nitrogen and oxygen atoms in total. The van der Waals surface area contributed by atoms with Gasteiger partial charge in [-0.15, -0.1) is 0 Å². The van der Waals surface area contributed by atoms with Crippen LogP contribution >= 0.6 is 0 Å². The van der Waals surface area contributed by atoms with Crippen LogP contribution in [0.3, 0.4) is 0 Å². The molecule has 348 valence electrons. The number of fused-ring (bicyclic) bond motifs is 9. The molecule has 0 spiro atoms. The van der Waals surface area contributed by atoms with Crippen molar-refractivity contribution in [1.82, 2.24) is 0 Å². The molecule has 2 aromatic heterocycles. The van der Waals surface area contributed by atoms with E-state index in [-0.39, 0.29) is 0 Å². The molecular weight excluding hydrogens is 901 g/mol. The van der Waals surface area contributed by atoms with Crippen molar-refractivity contribution in [1.29, 1.82) is 0 Å². The largest absolute Gasteiger partial charge is 0.456 e. The van der Waals surface area contributed by atoms with Crippen LogP contribution in [0.4, 0.5) is 34.1 Å². The molecule has 0 aliphatic heterocycles. The van der Waals surface area contributed by atoms with E-state index in [2.05, 4.69) is 289 Å². The average Bonchev–Trinajstić information content (AvgIpc) is 4.07. The molecule has 4 heteroatoms. The average molecular weight is 947 g/mol. The van der Waals surface area contributed by atoms with Crippen molar-refractivity contribution >= 4 is 88.8 Å². The molecule has 0 radical (unpaired) electrons. The Labute approximate surface area is 428 Å². The Morgan fingerprint density at radius 2 is 0.432 bits per heavy atom. The van der Waals surface area contributed by atoms with E-state index in [1.54, 1.807) is 0 Å². The van der Waals surface area contributed by atoms with Gasteiger partial charge in [0, 0.05) is 67.8 Å². The predicted molar refractivity (Wildman–Crippen MR) is 310 cm³/mol. The zero-order valence-electron chi connectivity index (χ0n) is 40.3. The highest BCUT2D eigenvalue weighted by Gasteiger charge is 2.21. The summed E-state index contributed by atoms with van der Waals surface area (Å²) in [5.74, 6) is 0. The minimum absolute atomic E-state index is 0.826. The quantitative estimate of drug-likeness (QED) is 0.137. The van der Waals surface area contributed by atoms with E-state index in [1.165, 1.54) is 44.5 Å². The van der Waals surface area contributed by atoms with Gasteiger partial charge >= 0.3 is 0 Å². The molecule has 2 heterocycles. The lowest BCUT2D eigenvalue weighted by Crippen LogP contribution is -2.09. The van der Waals surface area contributed by atoms with Gasteiger partial charge in [0.25, 0.3) is 0 Å². The minimum atomic E-state index is 0.826. The van der Waals surface area contributed by atoms with Crippen LogP contribution in [0.25, 0.3) is 99.2 Å². The van der Waals surface area contributed by atoms with Crippen LogP contribution in [-0.4, -0.2) is 0 Å². The van der Waals surface area contributed by atoms with Crippen LogP contribution in [0.2, 0.25) is 0 Å². The Morgan fingerprint density at radius 1 is 0.189 bits per heavy atom. The van der Waals surface area contributed by atoms with Crippen molar-refractivity contribution in [2.45, 2.75) is 0 Å². The predicted octanol–water partition coefficient (Wildman–Crippen LogP) is 20.2. The van der Waals surface area contributed by atoms with Crippen LogP contribution in [0.5, 0.6) is 0 Å². The fourth-order valence-corrected chi connectivity index (χ4v) is 10.8. The lowest BCUT2D eigenvalue weighted by Gasteiger charge is -2.26. The topological polar surface area (TPSA) is 32.8 Å². The number of anilines is 6. The normalized spacial score (nSPS) is 11.5. The Kier molecular flexibility index (Phi) is 10.5. The molecule has 12 aromatic carbocycles. The van der Waals surface area contributed by atoms with E-state index in [9.17, 15) is 0 Å². The summed E-state index contributed by atoms with van der Waals surface area (Å²) in [5.41, 5.74) is 19.0. The van der Waals surface area contributed by atoms with Crippen molar-refractivity contribution in [3.05, 3.63) is 279 Å². The summed E-state index contributed by atoms with van der Waals surface area (Å²) in [6, 6.07) is 99.2. The van der Waals surface area contributed by atoms with Gasteiger partial charge in [0.15, 0.2) is 0 Å². The highest BCUT2D eigenvalue weighted by molar-refractivity contribution is 6.27. The zero-order valence-corrected chi connectivity index (χ0v) is 40.3. The van der Waals surface area contributed by atoms with Gasteiger partial charge in [0.05, 0.1) is 0 Å². The van der Waals surface area contributed by atoms with Gasteiger partial charge in [0.1, 0.15) is 22.3 Å². The molecule has 0 amide bonds. The Morgan fingerprint density at radius 3 is 0.716 bits per heavy atom. The summed E-state index contributed by atoms with van der Waals surface area (Å²) < 4.78 is 13.6. The van der Waals surface area contributed by atoms with Crippen LogP contribution < -0.4 is 9.80 Å². The lowest BCUT2D eigenvalue weighted by atomic mass is 9.99. The first kappa shape index (κ1) is 42.9. The van der Waals surface area contributed by atoms with Crippen molar-refractivity contribution < 1.29 is 8.83 Å². The SMILES string of the molecule is c1ccc(-c2ccc(N(c3ccc(-c4ccccc4)cc3)c3ccc4c(c3)oc3ccc5c(ccc6oc7cc(N(c8ccc(-c9ccccc9)cc8)c8ccc(-c9ccccc9)cc8)ccc7c65)c34)cc2)cc1. The molecule has 14 rings (SSSR count). The van der Waals surface area contributed by atoms with Crippen molar-refractivity contribution in [2.75, 3.05) is 9.80 Å². The molecule has 0 aliphatic carbocycles. The summed E-state index contributed by atoms with van der Waals surface area (Å²) in [5, 5.41) is 6.55. The smallest absolute Gasteiger partial charge is 0.137 e. The van der Waals surface area contributed by atoms with E-state index in [0.29, 0.717) is 0 Å². The third kappa shape index (κ3) is 7.65. The first-order valence-corrected chi connectivity index (χ1v) is 25.1. The molecule has 0 bridgehead atoms. The monoisotopic (exact) mass is 946 g/mol. The first-order chi connectivity index (χ1) is 36.7. The van der Waals surface area contributed by atoms with Gasteiger partial charge in [-0.25, -0.2) is 0 Å². The highest BCUT2D eigenvalue weighted by Crippen LogP contribution is 2.45. The molecule has 14 aromatic rings. The number of rotatable bonds is 10. The van der Waals surface area contributed by atoms with E-state index < -0.39 is 0 Å². The molecular formula is C70H46N2O2. The Balaban J connectivity index is 0.854. The third-order valence-electron chi connectivity index (χ3n) is 14.5. The van der Waals surface area contributed by atoms with Crippen LogP contribution in [-0.2, 0) is 0 Å². The Bertz CT molecular complexity index is 3850. The number of nitrogens with zero attached hydrogens (tertiary/aromatic N) is 2. The van der Waals surface area contributed by atoms with Gasteiger partial charge in [0.2, 0.25) is 0 Å². The summed E-state index contributed by atoms with van der Waals surface area (Å²) in [4.78, 5) is 4.62.